The number of ketones is 1. The Morgan fingerprint density at radius 3 is 2.50 bits per heavy atom. The van der Waals surface area contributed by atoms with E-state index in [-0.39, 0.29) is 11.7 Å². The SMILES string of the molecule is CC(=O)OCC(=O)[C@@]12OC(C)(C)O[C@@H]1CC1c3cc(-c4cc(OS(=O)(=O)C(F)(F)F)ccc4C)oc3CC[C@@]12C. The maximum absolute atomic E-state index is 13.7. The Morgan fingerprint density at radius 2 is 1.85 bits per heavy atom. The van der Waals surface area contributed by atoms with E-state index < -0.39 is 56.9 Å². The minimum absolute atomic E-state index is 0.249. The van der Waals surface area contributed by atoms with Crippen LogP contribution in [-0.2, 0) is 40.3 Å². The number of furan rings is 1. The number of ether oxygens (including phenoxy) is 3. The van der Waals surface area contributed by atoms with Gasteiger partial charge < -0.3 is 22.8 Å². The minimum atomic E-state index is -5.85. The Bertz CT molecular complexity index is 1490. The summed E-state index contributed by atoms with van der Waals surface area (Å²) in [5.74, 6) is -1.81. The molecule has 0 amide bonds. The molecule has 2 fully saturated rings. The van der Waals surface area contributed by atoms with Crippen molar-refractivity contribution in [1.29, 1.82) is 0 Å². The summed E-state index contributed by atoms with van der Waals surface area (Å²) in [6.45, 7) is 7.87. The van der Waals surface area contributed by atoms with Gasteiger partial charge in [0.05, 0.1) is 6.10 Å². The largest absolute Gasteiger partial charge is 0.534 e. The van der Waals surface area contributed by atoms with E-state index in [0.717, 1.165) is 11.6 Å². The van der Waals surface area contributed by atoms with E-state index in [0.29, 0.717) is 41.9 Å². The van der Waals surface area contributed by atoms with Crippen molar-refractivity contribution in [3.63, 3.8) is 0 Å². The van der Waals surface area contributed by atoms with Crippen molar-refractivity contribution >= 4 is 21.9 Å². The first-order valence-corrected chi connectivity index (χ1v) is 14.1. The molecule has 3 aliphatic rings. The lowest BCUT2D eigenvalue weighted by molar-refractivity contribution is -0.201. The van der Waals surface area contributed by atoms with Crippen molar-refractivity contribution in [2.45, 2.75) is 82.8 Å². The standard InChI is InChI=1S/C27H29F3O9S/c1-14-6-7-16(38-40(33,34)27(28,29)30)10-17(14)21-11-18-19-12-23-26(39-24(3,4)37-23,22(32)13-35-15(2)31)25(19,5)9-8-20(18)36-21/h6-7,10-11,19,23H,8-9,12-13H2,1-5H3/t19?,23-,25+,26-/m1/s1. The fourth-order valence-corrected chi connectivity index (χ4v) is 6.98. The van der Waals surface area contributed by atoms with Crippen LogP contribution in [0.4, 0.5) is 13.2 Å². The average molecular weight is 587 g/mol. The van der Waals surface area contributed by atoms with E-state index >= 15 is 0 Å². The summed E-state index contributed by atoms with van der Waals surface area (Å²) in [6, 6.07) is 5.52. The van der Waals surface area contributed by atoms with Crippen LogP contribution >= 0.6 is 0 Å². The van der Waals surface area contributed by atoms with Crippen LogP contribution in [0.2, 0.25) is 0 Å². The third-order valence-electron chi connectivity index (χ3n) is 8.23. The number of benzene rings is 1. The lowest BCUT2D eigenvalue weighted by Gasteiger charge is -2.46. The minimum Gasteiger partial charge on any atom is -0.461 e. The maximum atomic E-state index is 13.7. The molecule has 1 aliphatic heterocycles. The van der Waals surface area contributed by atoms with Crippen molar-refractivity contribution in [3.8, 4) is 17.1 Å². The number of hydrogen-bond donors (Lipinski definition) is 0. The second-order valence-corrected chi connectivity index (χ2v) is 12.7. The predicted molar refractivity (Wildman–Crippen MR) is 133 cm³/mol. The van der Waals surface area contributed by atoms with E-state index in [2.05, 4.69) is 4.18 Å². The average Bonchev–Trinajstić information content (AvgIpc) is 3.44. The maximum Gasteiger partial charge on any atom is 0.534 e. The molecule has 5 rings (SSSR count). The number of hydrogen-bond acceptors (Lipinski definition) is 9. The van der Waals surface area contributed by atoms with Gasteiger partial charge in [0.15, 0.2) is 18.0 Å². The van der Waals surface area contributed by atoms with Crippen LogP contribution in [0, 0.1) is 12.3 Å². The second-order valence-electron chi connectivity index (χ2n) is 11.2. The van der Waals surface area contributed by atoms with Crippen LogP contribution in [0.5, 0.6) is 5.75 Å². The summed E-state index contributed by atoms with van der Waals surface area (Å²) in [4.78, 5) is 25.1. The third kappa shape index (κ3) is 4.33. The molecule has 1 saturated carbocycles. The van der Waals surface area contributed by atoms with Gasteiger partial charge in [-0.25, -0.2) is 0 Å². The molecular weight excluding hydrogens is 557 g/mol. The zero-order valence-electron chi connectivity index (χ0n) is 22.5. The zero-order valence-corrected chi connectivity index (χ0v) is 23.3. The van der Waals surface area contributed by atoms with Crippen LogP contribution < -0.4 is 4.18 Å². The van der Waals surface area contributed by atoms with Gasteiger partial charge in [-0.15, -0.1) is 0 Å². The summed E-state index contributed by atoms with van der Waals surface area (Å²) in [6.07, 6.45) is 0.726. The Balaban J connectivity index is 1.52. The van der Waals surface area contributed by atoms with Gasteiger partial charge in [0, 0.05) is 24.3 Å². The van der Waals surface area contributed by atoms with E-state index in [1.807, 2.05) is 6.92 Å². The number of aryl methyl sites for hydroxylation is 2. The van der Waals surface area contributed by atoms with Gasteiger partial charge in [-0.05, 0) is 68.9 Å². The number of fused-ring (bicyclic) bond motifs is 5. The Hall–Kier alpha value is -2.90. The van der Waals surface area contributed by atoms with Crippen LogP contribution in [0.3, 0.4) is 0 Å². The summed E-state index contributed by atoms with van der Waals surface area (Å²) in [5, 5.41) is 0. The second kappa shape index (κ2) is 9.05. The van der Waals surface area contributed by atoms with Crippen molar-refractivity contribution < 1.29 is 54.0 Å². The highest BCUT2D eigenvalue weighted by Gasteiger charge is 2.74. The summed E-state index contributed by atoms with van der Waals surface area (Å²) in [5.41, 5.74) is -5.92. The highest BCUT2D eigenvalue weighted by atomic mass is 32.2. The normalized spacial score (nSPS) is 28.9. The molecule has 0 spiro atoms. The number of alkyl halides is 3. The van der Waals surface area contributed by atoms with Crippen molar-refractivity contribution in [2.24, 2.45) is 5.41 Å². The Morgan fingerprint density at radius 1 is 1.15 bits per heavy atom. The molecule has 9 nitrogen and oxygen atoms in total. The number of rotatable bonds is 6. The van der Waals surface area contributed by atoms with E-state index in [1.54, 1.807) is 26.8 Å². The van der Waals surface area contributed by atoms with Gasteiger partial charge in [0.25, 0.3) is 0 Å². The van der Waals surface area contributed by atoms with Gasteiger partial charge >= 0.3 is 21.6 Å². The van der Waals surface area contributed by atoms with E-state index in [4.69, 9.17) is 18.6 Å². The van der Waals surface area contributed by atoms with Gasteiger partial charge in [-0.1, -0.05) is 13.0 Å². The molecule has 1 saturated heterocycles. The fraction of sp³-hybridized carbons (Fsp3) is 0.556. The predicted octanol–water partition coefficient (Wildman–Crippen LogP) is 4.95. The summed E-state index contributed by atoms with van der Waals surface area (Å²) < 4.78 is 89.7. The molecule has 13 heteroatoms. The van der Waals surface area contributed by atoms with Crippen LogP contribution in [-0.4, -0.2) is 49.8 Å². The topological polar surface area (TPSA) is 118 Å². The molecule has 1 aromatic heterocycles. The Kier molecular flexibility index (Phi) is 6.48. The number of Topliss-reactive ketones (excluding diaryl/α,β-unsaturated/α-hetero) is 1. The molecule has 2 heterocycles. The number of esters is 1. The highest BCUT2D eigenvalue weighted by Crippen LogP contribution is 2.66. The molecule has 218 valence electrons. The molecule has 2 aromatic rings. The number of carbonyl (C=O) groups excluding carboxylic acids is 2. The molecular formula is C27H29F3O9S. The van der Waals surface area contributed by atoms with Crippen LogP contribution in [0.25, 0.3) is 11.3 Å². The van der Waals surface area contributed by atoms with E-state index in [1.165, 1.54) is 19.1 Å². The molecule has 0 radical (unpaired) electrons. The molecule has 1 aromatic carbocycles. The van der Waals surface area contributed by atoms with Crippen molar-refractivity contribution in [3.05, 3.63) is 41.2 Å². The number of carbonyl (C=O) groups is 2. The summed E-state index contributed by atoms with van der Waals surface area (Å²) >= 11 is 0. The van der Waals surface area contributed by atoms with E-state index in [9.17, 15) is 31.2 Å². The van der Waals surface area contributed by atoms with Crippen LogP contribution in [0.1, 0.15) is 63.3 Å². The van der Waals surface area contributed by atoms with Gasteiger partial charge in [0.1, 0.15) is 17.3 Å². The van der Waals surface area contributed by atoms with Gasteiger partial charge in [-0.3, -0.25) is 9.59 Å². The monoisotopic (exact) mass is 586 g/mol. The Labute approximate surface area is 229 Å². The van der Waals surface area contributed by atoms with Crippen molar-refractivity contribution in [2.75, 3.05) is 6.61 Å². The molecule has 4 atom stereocenters. The third-order valence-corrected chi connectivity index (χ3v) is 9.21. The van der Waals surface area contributed by atoms with Gasteiger partial charge in [0.2, 0.25) is 5.78 Å². The molecule has 40 heavy (non-hydrogen) atoms. The molecule has 1 unspecified atom stereocenters. The first kappa shape index (κ1) is 28.6. The quantitative estimate of drug-likeness (QED) is 0.263. The summed E-state index contributed by atoms with van der Waals surface area (Å²) in [7, 11) is -5.85. The molecule has 2 aliphatic carbocycles. The zero-order chi connectivity index (χ0) is 29.5. The lowest BCUT2D eigenvalue weighted by Crippen LogP contribution is -2.58. The van der Waals surface area contributed by atoms with Crippen molar-refractivity contribution in [1.82, 2.24) is 0 Å². The number of halogens is 3. The fourth-order valence-electron chi connectivity index (χ4n) is 6.53. The smallest absolute Gasteiger partial charge is 0.461 e. The highest BCUT2D eigenvalue weighted by molar-refractivity contribution is 7.88. The van der Waals surface area contributed by atoms with Gasteiger partial charge in [-0.2, -0.15) is 21.6 Å². The molecule has 0 N–H and O–H groups in total. The molecule has 0 bridgehead atoms. The first-order valence-electron chi connectivity index (χ1n) is 12.7. The van der Waals surface area contributed by atoms with Crippen LogP contribution in [0.15, 0.2) is 28.7 Å². The first-order chi connectivity index (χ1) is 18.4. The lowest BCUT2D eigenvalue weighted by atomic mass is 9.61.